The third kappa shape index (κ3) is 6.14. The highest BCUT2D eigenvalue weighted by Gasteiger charge is 2.28. The molecule has 2 heterocycles. The van der Waals surface area contributed by atoms with Crippen molar-refractivity contribution in [1.29, 1.82) is 0 Å². The number of hydrogen-bond donors (Lipinski definition) is 1. The van der Waals surface area contributed by atoms with E-state index in [1.165, 1.54) is 0 Å². The van der Waals surface area contributed by atoms with E-state index in [4.69, 9.17) is 14.6 Å². The van der Waals surface area contributed by atoms with E-state index in [0.717, 1.165) is 49.1 Å². The van der Waals surface area contributed by atoms with Gasteiger partial charge in [-0.15, -0.1) is 0 Å². The summed E-state index contributed by atoms with van der Waals surface area (Å²) in [7, 11) is 1.60. The highest BCUT2D eigenvalue weighted by Crippen LogP contribution is 2.28. The SMILES string of the molecule is CON(C)CCCNS(=O)(=O)c1ccc2nc(N3CCCC(C)(OC)CC3)ccc2c1. The Hall–Kier alpha value is -1.78. The summed E-state index contributed by atoms with van der Waals surface area (Å²) < 4.78 is 33.6. The first-order valence-corrected chi connectivity index (χ1v) is 12.2. The summed E-state index contributed by atoms with van der Waals surface area (Å²) in [5.74, 6) is 0.920. The second-order valence-corrected chi connectivity index (χ2v) is 10.1. The van der Waals surface area contributed by atoms with E-state index in [9.17, 15) is 8.42 Å². The van der Waals surface area contributed by atoms with Crippen LogP contribution in [0.15, 0.2) is 35.2 Å². The van der Waals surface area contributed by atoms with Gasteiger partial charge >= 0.3 is 0 Å². The molecule has 1 fully saturated rings. The van der Waals surface area contributed by atoms with Crippen LogP contribution in [-0.2, 0) is 19.6 Å². The summed E-state index contributed by atoms with van der Waals surface area (Å²) in [6, 6.07) is 9.00. The number of pyridine rings is 1. The van der Waals surface area contributed by atoms with Gasteiger partial charge in [-0.25, -0.2) is 18.1 Å². The Bertz CT molecular complexity index is 985. The molecule has 0 radical (unpaired) electrons. The van der Waals surface area contributed by atoms with E-state index in [-0.39, 0.29) is 10.5 Å². The van der Waals surface area contributed by atoms with E-state index in [0.29, 0.717) is 19.5 Å². The van der Waals surface area contributed by atoms with Crippen molar-refractivity contribution >= 4 is 26.7 Å². The fraction of sp³-hybridized carbons (Fsp3) is 0.591. The lowest BCUT2D eigenvalue weighted by molar-refractivity contribution is -0.109. The molecule has 1 aliphatic rings. The molecule has 0 bridgehead atoms. The summed E-state index contributed by atoms with van der Waals surface area (Å²) in [5, 5.41) is 2.47. The van der Waals surface area contributed by atoms with Crippen LogP contribution in [0.3, 0.4) is 0 Å². The highest BCUT2D eigenvalue weighted by atomic mass is 32.2. The molecule has 1 unspecified atom stereocenters. The summed E-state index contributed by atoms with van der Waals surface area (Å²) in [4.78, 5) is 12.4. The van der Waals surface area contributed by atoms with Gasteiger partial charge in [0.2, 0.25) is 10.0 Å². The predicted molar refractivity (Wildman–Crippen MR) is 123 cm³/mol. The number of hydrogen-bond acceptors (Lipinski definition) is 7. The lowest BCUT2D eigenvalue weighted by atomic mass is 9.97. The molecule has 9 heteroatoms. The maximum Gasteiger partial charge on any atom is 0.240 e. The molecule has 2 aromatic rings. The van der Waals surface area contributed by atoms with E-state index in [1.54, 1.807) is 44.5 Å². The number of anilines is 1. The summed E-state index contributed by atoms with van der Waals surface area (Å²) in [6.07, 6.45) is 3.68. The van der Waals surface area contributed by atoms with Crippen molar-refractivity contribution in [2.24, 2.45) is 0 Å². The first kappa shape index (κ1) is 23.9. The smallest absolute Gasteiger partial charge is 0.240 e. The molecule has 1 aromatic carbocycles. The zero-order valence-electron chi connectivity index (χ0n) is 18.9. The van der Waals surface area contributed by atoms with Crippen LogP contribution in [0.1, 0.15) is 32.6 Å². The Morgan fingerprint density at radius 2 is 2.00 bits per heavy atom. The van der Waals surface area contributed by atoms with Crippen LogP contribution in [-0.4, -0.2) is 71.5 Å². The average Bonchev–Trinajstić information content (AvgIpc) is 2.98. The van der Waals surface area contributed by atoms with Crippen LogP contribution < -0.4 is 9.62 Å². The summed E-state index contributed by atoms with van der Waals surface area (Å²) in [5.41, 5.74) is 0.706. The van der Waals surface area contributed by atoms with Gasteiger partial charge in [-0.05, 0) is 62.9 Å². The normalized spacial score (nSPS) is 20.4. The minimum absolute atomic E-state index is 0.0825. The number of fused-ring (bicyclic) bond motifs is 1. The van der Waals surface area contributed by atoms with Gasteiger partial charge in [-0.2, -0.15) is 5.06 Å². The second-order valence-electron chi connectivity index (χ2n) is 8.30. The van der Waals surface area contributed by atoms with Crippen molar-refractivity contribution in [2.75, 3.05) is 52.3 Å². The van der Waals surface area contributed by atoms with Crippen LogP contribution in [0.4, 0.5) is 5.82 Å². The molecule has 1 saturated heterocycles. The van der Waals surface area contributed by atoms with Crippen molar-refractivity contribution in [2.45, 2.75) is 43.1 Å². The minimum Gasteiger partial charge on any atom is -0.378 e. The minimum atomic E-state index is -3.57. The monoisotopic (exact) mass is 450 g/mol. The van der Waals surface area contributed by atoms with Gasteiger partial charge in [0.25, 0.3) is 0 Å². The van der Waals surface area contributed by atoms with Crippen molar-refractivity contribution in [1.82, 2.24) is 14.8 Å². The van der Waals surface area contributed by atoms with Gasteiger partial charge in [0.1, 0.15) is 5.82 Å². The molecule has 0 aliphatic carbocycles. The molecule has 3 rings (SSSR count). The van der Waals surface area contributed by atoms with Gasteiger partial charge < -0.3 is 14.5 Å². The number of methoxy groups -OCH3 is 1. The zero-order valence-corrected chi connectivity index (χ0v) is 19.7. The molecule has 1 N–H and O–H groups in total. The van der Waals surface area contributed by atoms with Gasteiger partial charge in [-0.1, -0.05) is 0 Å². The van der Waals surface area contributed by atoms with Gasteiger partial charge in [0.15, 0.2) is 0 Å². The van der Waals surface area contributed by atoms with E-state index in [2.05, 4.69) is 16.5 Å². The van der Waals surface area contributed by atoms with Crippen molar-refractivity contribution in [3.63, 3.8) is 0 Å². The van der Waals surface area contributed by atoms with Gasteiger partial charge in [0, 0.05) is 45.7 Å². The number of sulfonamides is 1. The molecule has 172 valence electrons. The summed E-state index contributed by atoms with van der Waals surface area (Å²) in [6.45, 7) is 4.98. The van der Waals surface area contributed by atoms with Crippen LogP contribution >= 0.6 is 0 Å². The summed E-state index contributed by atoms with van der Waals surface area (Å²) >= 11 is 0. The van der Waals surface area contributed by atoms with Gasteiger partial charge in [0.05, 0.1) is 23.1 Å². The molecule has 8 nitrogen and oxygen atoms in total. The van der Waals surface area contributed by atoms with E-state index >= 15 is 0 Å². The van der Waals surface area contributed by atoms with E-state index < -0.39 is 10.0 Å². The first-order valence-electron chi connectivity index (χ1n) is 10.7. The van der Waals surface area contributed by atoms with Crippen LogP contribution in [0.2, 0.25) is 0 Å². The van der Waals surface area contributed by atoms with Crippen molar-refractivity contribution in [3.05, 3.63) is 30.3 Å². The number of ether oxygens (including phenoxy) is 1. The molecule has 0 spiro atoms. The number of aromatic nitrogens is 1. The maximum atomic E-state index is 12.6. The number of nitrogens with zero attached hydrogens (tertiary/aromatic N) is 3. The molecule has 0 amide bonds. The van der Waals surface area contributed by atoms with Crippen LogP contribution in [0.5, 0.6) is 0 Å². The standard InChI is InChI=1S/C22H34N4O4S/c1-22(29-3)11-5-15-26(16-12-22)21-10-7-18-17-19(8-9-20(18)24-21)31(27,28)23-13-6-14-25(2)30-4/h7-10,17,23H,5-6,11-16H2,1-4H3. The molecule has 1 aromatic heterocycles. The number of benzene rings is 1. The Morgan fingerprint density at radius 1 is 1.19 bits per heavy atom. The molecule has 1 atom stereocenters. The Labute approximate surface area is 185 Å². The lowest BCUT2D eigenvalue weighted by Gasteiger charge is -2.27. The maximum absolute atomic E-state index is 12.6. The lowest BCUT2D eigenvalue weighted by Crippen LogP contribution is -2.30. The quantitative estimate of drug-likeness (QED) is 0.464. The average molecular weight is 451 g/mol. The molecule has 1 aliphatic heterocycles. The molecule has 0 saturated carbocycles. The second kappa shape index (κ2) is 10.2. The number of nitrogens with one attached hydrogen (secondary N) is 1. The Balaban J connectivity index is 1.70. The largest absolute Gasteiger partial charge is 0.378 e. The van der Waals surface area contributed by atoms with E-state index in [1.807, 2.05) is 12.1 Å². The predicted octanol–water partition coefficient (Wildman–Crippen LogP) is 2.79. The van der Waals surface area contributed by atoms with Crippen LogP contribution in [0.25, 0.3) is 10.9 Å². The Morgan fingerprint density at radius 3 is 2.74 bits per heavy atom. The number of rotatable bonds is 9. The highest BCUT2D eigenvalue weighted by molar-refractivity contribution is 7.89. The molecular weight excluding hydrogens is 416 g/mol. The molecular formula is C22H34N4O4S. The topological polar surface area (TPSA) is 84.0 Å². The zero-order chi connectivity index (χ0) is 22.5. The van der Waals surface area contributed by atoms with Crippen LogP contribution in [0, 0.1) is 0 Å². The third-order valence-electron chi connectivity index (χ3n) is 6.07. The molecule has 31 heavy (non-hydrogen) atoms. The van der Waals surface area contributed by atoms with Crippen molar-refractivity contribution in [3.8, 4) is 0 Å². The fourth-order valence-electron chi connectivity index (χ4n) is 3.80. The first-order chi connectivity index (χ1) is 14.8. The fourth-order valence-corrected chi connectivity index (χ4v) is 4.91. The van der Waals surface area contributed by atoms with Gasteiger partial charge in [-0.3, -0.25) is 0 Å². The van der Waals surface area contributed by atoms with Crippen molar-refractivity contribution < 1.29 is 18.0 Å². The number of hydroxylamine groups is 2. The Kier molecular flexibility index (Phi) is 7.87. The third-order valence-corrected chi connectivity index (χ3v) is 7.53.